The lowest BCUT2D eigenvalue weighted by molar-refractivity contribution is -0.154. The van der Waals surface area contributed by atoms with Gasteiger partial charge in [0.25, 0.3) is 5.91 Å². The van der Waals surface area contributed by atoms with Crippen molar-refractivity contribution in [2.45, 2.75) is 20.0 Å². The summed E-state index contributed by atoms with van der Waals surface area (Å²) in [7, 11) is 0. The monoisotopic (exact) mass is 391 g/mol. The van der Waals surface area contributed by atoms with Crippen molar-refractivity contribution in [1.29, 1.82) is 0 Å². The highest BCUT2D eigenvalue weighted by molar-refractivity contribution is 6.30. The molecule has 144 valence electrons. The molecule has 2 rings (SSSR count). The Bertz CT molecular complexity index is 766. The number of rotatable bonds is 9. The van der Waals surface area contributed by atoms with Crippen molar-refractivity contribution in [3.05, 3.63) is 59.1 Å². The predicted molar refractivity (Wildman–Crippen MR) is 102 cm³/mol. The van der Waals surface area contributed by atoms with Gasteiger partial charge in [0.2, 0.25) is 0 Å². The van der Waals surface area contributed by atoms with Crippen molar-refractivity contribution in [2.75, 3.05) is 19.8 Å². The minimum absolute atomic E-state index is 0.307. The lowest BCUT2D eigenvalue weighted by Crippen LogP contribution is -2.34. The van der Waals surface area contributed by atoms with Gasteiger partial charge in [-0.15, -0.1) is 0 Å². The number of hydrogen-bond donors (Lipinski definition) is 1. The summed E-state index contributed by atoms with van der Waals surface area (Å²) >= 11 is 5.89. The lowest BCUT2D eigenvalue weighted by atomic mass is 10.2. The van der Waals surface area contributed by atoms with E-state index in [1.807, 2.05) is 37.3 Å². The van der Waals surface area contributed by atoms with E-state index in [2.05, 4.69) is 5.32 Å². The van der Waals surface area contributed by atoms with E-state index in [1.165, 1.54) is 0 Å². The second-order valence-corrected chi connectivity index (χ2v) is 6.23. The molecular formula is C20H22ClNO5. The predicted octanol–water partition coefficient (Wildman–Crippen LogP) is 3.15. The Morgan fingerprint density at radius 1 is 1.15 bits per heavy atom. The van der Waals surface area contributed by atoms with Gasteiger partial charge in [-0.3, -0.25) is 4.79 Å². The number of amides is 1. The van der Waals surface area contributed by atoms with Crippen LogP contribution in [0.4, 0.5) is 0 Å². The number of benzene rings is 2. The van der Waals surface area contributed by atoms with E-state index in [0.717, 1.165) is 11.3 Å². The molecule has 1 N–H and O–H groups in total. The summed E-state index contributed by atoms with van der Waals surface area (Å²) < 4.78 is 16.0. The number of hydrogen-bond acceptors (Lipinski definition) is 5. The molecule has 0 saturated carbocycles. The van der Waals surface area contributed by atoms with Gasteiger partial charge < -0.3 is 19.5 Å². The van der Waals surface area contributed by atoms with Crippen molar-refractivity contribution >= 4 is 23.5 Å². The molecular weight excluding hydrogens is 370 g/mol. The van der Waals surface area contributed by atoms with Gasteiger partial charge >= 0.3 is 5.97 Å². The van der Waals surface area contributed by atoms with Gasteiger partial charge in [0, 0.05) is 5.02 Å². The first kappa shape index (κ1) is 20.6. The van der Waals surface area contributed by atoms with Crippen molar-refractivity contribution in [1.82, 2.24) is 5.32 Å². The Labute approximate surface area is 163 Å². The molecule has 6 nitrogen and oxygen atoms in total. The quantitative estimate of drug-likeness (QED) is 0.525. The van der Waals surface area contributed by atoms with E-state index in [4.69, 9.17) is 25.8 Å². The third-order valence-electron chi connectivity index (χ3n) is 3.55. The van der Waals surface area contributed by atoms with Crippen LogP contribution in [-0.2, 0) is 14.3 Å². The molecule has 0 aromatic heterocycles. The van der Waals surface area contributed by atoms with Crippen LogP contribution in [0.1, 0.15) is 12.5 Å². The number of aryl methyl sites for hydroxylation is 1. The summed E-state index contributed by atoms with van der Waals surface area (Å²) in [5.74, 6) is 0.225. The maximum Gasteiger partial charge on any atom is 0.347 e. The number of nitrogens with one attached hydrogen (secondary N) is 1. The summed E-state index contributed by atoms with van der Waals surface area (Å²) in [5.41, 5.74) is 0.804. The molecule has 0 bridgehead atoms. The van der Waals surface area contributed by atoms with Crippen LogP contribution in [0, 0.1) is 6.92 Å². The first-order valence-corrected chi connectivity index (χ1v) is 8.87. The molecule has 27 heavy (non-hydrogen) atoms. The zero-order valence-corrected chi connectivity index (χ0v) is 16.0. The Morgan fingerprint density at radius 2 is 1.89 bits per heavy atom. The van der Waals surface area contributed by atoms with Gasteiger partial charge in [-0.05, 0) is 49.7 Å². The zero-order valence-electron chi connectivity index (χ0n) is 15.2. The second-order valence-electron chi connectivity index (χ2n) is 5.79. The van der Waals surface area contributed by atoms with Crippen LogP contribution in [0.3, 0.4) is 0 Å². The van der Waals surface area contributed by atoms with Gasteiger partial charge in [0.05, 0.1) is 6.54 Å². The minimum Gasteiger partial charge on any atom is -0.492 e. The number of carbonyl (C=O) groups is 2. The summed E-state index contributed by atoms with van der Waals surface area (Å²) in [6, 6.07) is 14.4. The molecule has 2 aromatic rings. The van der Waals surface area contributed by atoms with Gasteiger partial charge in [0.15, 0.2) is 12.7 Å². The third kappa shape index (κ3) is 7.19. The van der Waals surface area contributed by atoms with Gasteiger partial charge in [-0.2, -0.15) is 0 Å². The number of esters is 1. The fraction of sp³-hybridized carbons (Fsp3) is 0.300. The Hall–Kier alpha value is -2.73. The largest absolute Gasteiger partial charge is 0.492 e. The molecule has 0 aliphatic rings. The molecule has 0 saturated heterocycles. The standard InChI is InChI=1S/C20H22ClNO5/c1-14-12-16(21)8-9-18(14)27-15(2)20(24)26-13-19(23)22-10-11-25-17-6-4-3-5-7-17/h3-9,12,15H,10-11,13H2,1-2H3,(H,22,23). The minimum atomic E-state index is -0.848. The summed E-state index contributed by atoms with van der Waals surface area (Å²) in [5, 5.41) is 3.20. The van der Waals surface area contributed by atoms with E-state index in [0.29, 0.717) is 23.9 Å². The zero-order chi connectivity index (χ0) is 19.6. The molecule has 0 heterocycles. The SMILES string of the molecule is Cc1cc(Cl)ccc1OC(C)C(=O)OCC(=O)NCCOc1ccccc1. The van der Waals surface area contributed by atoms with Crippen LogP contribution in [0.15, 0.2) is 48.5 Å². The maximum atomic E-state index is 12.0. The van der Waals surface area contributed by atoms with Crippen LogP contribution in [0.5, 0.6) is 11.5 Å². The molecule has 7 heteroatoms. The molecule has 0 radical (unpaired) electrons. The molecule has 0 fully saturated rings. The van der Waals surface area contributed by atoms with Crippen molar-refractivity contribution in [2.24, 2.45) is 0 Å². The van der Waals surface area contributed by atoms with Crippen LogP contribution in [0.25, 0.3) is 0 Å². The van der Waals surface area contributed by atoms with Crippen LogP contribution < -0.4 is 14.8 Å². The van der Waals surface area contributed by atoms with E-state index < -0.39 is 18.0 Å². The fourth-order valence-electron chi connectivity index (χ4n) is 2.16. The number of para-hydroxylation sites is 1. The first-order chi connectivity index (χ1) is 13.0. The summed E-state index contributed by atoms with van der Waals surface area (Å²) in [6.07, 6.45) is -0.848. The maximum absolute atomic E-state index is 12.0. The highest BCUT2D eigenvalue weighted by atomic mass is 35.5. The second kappa shape index (κ2) is 10.4. The number of carbonyl (C=O) groups excluding carboxylic acids is 2. The average molecular weight is 392 g/mol. The highest BCUT2D eigenvalue weighted by Crippen LogP contribution is 2.23. The van der Waals surface area contributed by atoms with E-state index in [-0.39, 0.29) is 6.61 Å². The van der Waals surface area contributed by atoms with Gasteiger partial charge in [0.1, 0.15) is 18.1 Å². The molecule has 0 aliphatic heterocycles. The lowest BCUT2D eigenvalue weighted by Gasteiger charge is -2.15. The Kier molecular flexibility index (Phi) is 7.95. The molecule has 2 aromatic carbocycles. The van der Waals surface area contributed by atoms with E-state index >= 15 is 0 Å². The summed E-state index contributed by atoms with van der Waals surface area (Å²) in [6.45, 7) is 3.63. The van der Waals surface area contributed by atoms with Gasteiger partial charge in [-0.25, -0.2) is 4.79 Å². The highest BCUT2D eigenvalue weighted by Gasteiger charge is 2.18. The van der Waals surface area contributed by atoms with Crippen molar-refractivity contribution in [3.63, 3.8) is 0 Å². The Balaban J connectivity index is 1.65. The average Bonchev–Trinajstić information content (AvgIpc) is 2.66. The van der Waals surface area contributed by atoms with Crippen LogP contribution >= 0.6 is 11.6 Å². The normalized spacial score (nSPS) is 11.4. The topological polar surface area (TPSA) is 73.9 Å². The molecule has 1 atom stereocenters. The van der Waals surface area contributed by atoms with Crippen LogP contribution in [-0.4, -0.2) is 37.7 Å². The van der Waals surface area contributed by atoms with Crippen molar-refractivity contribution < 1.29 is 23.8 Å². The van der Waals surface area contributed by atoms with Crippen molar-refractivity contribution in [3.8, 4) is 11.5 Å². The molecule has 1 unspecified atom stereocenters. The Morgan fingerprint density at radius 3 is 2.59 bits per heavy atom. The first-order valence-electron chi connectivity index (χ1n) is 8.49. The number of halogens is 1. The van der Waals surface area contributed by atoms with Gasteiger partial charge in [-0.1, -0.05) is 29.8 Å². The third-order valence-corrected chi connectivity index (χ3v) is 3.79. The molecule has 0 spiro atoms. The fourth-order valence-corrected chi connectivity index (χ4v) is 2.39. The summed E-state index contributed by atoms with van der Waals surface area (Å²) in [4.78, 5) is 23.7. The smallest absolute Gasteiger partial charge is 0.347 e. The molecule has 0 aliphatic carbocycles. The van der Waals surface area contributed by atoms with E-state index in [1.54, 1.807) is 25.1 Å². The van der Waals surface area contributed by atoms with E-state index in [9.17, 15) is 9.59 Å². The van der Waals surface area contributed by atoms with Crippen LogP contribution in [0.2, 0.25) is 5.02 Å². The molecule has 1 amide bonds. The number of ether oxygens (including phenoxy) is 3.